The van der Waals surface area contributed by atoms with Crippen molar-refractivity contribution in [2.45, 2.75) is 0 Å². The van der Waals surface area contributed by atoms with Crippen LogP contribution in [0.25, 0.3) is 22.4 Å². The van der Waals surface area contributed by atoms with Gasteiger partial charge in [-0.15, -0.1) is 0 Å². The molecule has 5 heteroatoms. The zero-order valence-corrected chi connectivity index (χ0v) is 10.1. The molecule has 0 spiro atoms. The van der Waals surface area contributed by atoms with Gasteiger partial charge in [0, 0.05) is 16.5 Å². The van der Waals surface area contributed by atoms with Gasteiger partial charge in [0.25, 0.3) is 0 Å². The number of aromatic nitrogens is 1. The lowest BCUT2D eigenvalue weighted by Gasteiger charge is -2.02. The number of hydrogen-bond acceptors (Lipinski definition) is 4. The largest absolute Gasteiger partial charge is 0.367 e. The van der Waals surface area contributed by atoms with E-state index in [4.69, 9.17) is 10.3 Å². The number of nitrogens with zero attached hydrogens (tertiary/aromatic N) is 1. The van der Waals surface area contributed by atoms with Gasteiger partial charge in [-0.2, -0.15) is 11.3 Å². The molecule has 3 rings (SSSR count). The molecule has 90 valence electrons. The molecule has 0 saturated carbocycles. The summed E-state index contributed by atoms with van der Waals surface area (Å²) in [7, 11) is 0. The zero-order valence-electron chi connectivity index (χ0n) is 9.26. The molecule has 0 fully saturated rings. The Labute approximate surface area is 107 Å². The van der Waals surface area contributed by atoms with Crippen LogP contribution in [0.4, 0.5) is 10.3 Å². The van der Waals surface area contributed by atoms with Crippen LogP contribution < -0.4 is 5.73 Å². The molecule has 1 aromatic carbocycles. The van der Waals surface area contributed by atoms with Gasteiger partial charge in [-0.05, 0) is 17.5 Å². The number of anilines is 1. The van der Waals surface area contributed by atoms with Gasteiger partial charge >= 0.3 is 0 Å². The van der Waals surface area contributed by atoms with E-state index in [1.807, 2.05) is 16.8 Å². The maximum absolute atomic E-state index is 13.8. The Morgan fingerprint density at radius 2 is 2.06 bits per heavy atom. The van der Waals surface area contributed by atoms with Crippen molar-refractivity contribution in [1.29, 1.82) is 0 Å². The van der Waals surface area contributed by atoms with E-state index >= 15 is 0 Å². The van der Waals surface area contributed by atoms with Crippen LogP contribution in [0.3, 0.4) is 0 Å². The van der Waals surface area contributed by atoms with E-state index in [9.17, 15) is 4.39 Å². The molecule has 2 N–H and O–H groups in total. The normalized spacial score (nSPS) is 10.7. The minimum Gasteiger partial charge on any atom is -0.367 e. The van der Waals surface area contributed by atoms with Crippen molar-refractivity contribution in [3.63, 3.8) is 0 Å². The van der Waals surface area contributed by atoms with E-state index in [0.717, 1.165) is 5.56 Å². The number of nitrogen functional groups attached to an aromatic ring is 1. The Balaban J connectivity index is 2.24. The summed E-state index contributed by atoms with van der Waals surface area (Å²) in [6, 6.07) is 8.33. The predicted molar refractivity (Wildman–Crippen MR) is 69.6 cm³/mol. The van der Waals surface area contributed by atoms with Crippen molar-refractivity contribution >= 4 is 17.2 Å². The summed E-state index contributed by atoms with van der Waals surface area (Å²) < 4.78 is 18.8. The van der Waals surface area contributed by atoms with Crippen molar-refractivity contribution in [2.24, 2.45) is 0 Å². The molecule has 0 aliphatic heterocycles. The first-order valence-electron chi connectivity index (χ1n) is 5.30. The second kappa shape index (κ2) is 4.27. The fourth-order valence-corrected chi connectivity index (χ4v) is 2.46. The number of hydrogen-bond donors (Lipinski definition) is 1. The smallest absolute Gasteiger partial charge is 0.230 e. The lowest BCUT2D eigenvalue weighted by molar-refractivity contribution is 0.439. The standard InChI is InChI=1S/C13H9FN2OS/c14-10-4-2-1-3-9(10)11-12(16-17-13(11)15)8-5-6-18-7-8/h1-7H,15H2. The highest BCUT2D eigenvalue weighted by Crippen LogP contribution is 2.37. The van der Waals surface area contributed by atoms with E-state index in [1.165, 1.54) is 17.4 Å². The van der Waals surface area contributed by atoms with Gasteiger partial charge in [-0.3, -0.25) is 0 Å². The number of benzene rings is 1. The summed E-state index contributed by atoms with van der Waals surface area (Å²) in [4.78, 5) is 0. The summed E-state index contributed by atoms with van der Waals surface area (Å²) >= 11 is 1.54. The molecular formula is C13H9FN2OS. The summed E-state index contributed by atoms with van der Waals surface area (Å²) in [5, 5.41) is 7.76. The van der Waals surface area contributed by atoms with Crippen molar-refractivity contribution in [3.05, 3.63) is 46.9 Å². The minimum absolute atomic E-state index is 0.126. The van der Waals surface area contributed by atoms with Crippen LogP contribution in [0.15, 0.2) is 45.6 Å². The fraction of sp³-hybridized carbons (Fsp3) is 0. The van der Waals surface area contributed by atoms with Gasteiger partial charge in [0.2, 0.25) is 5.88 Å². The molecule has 0 radical (unpaired) electrons. The van der Waals surface area contributed by atoms with Crippen molar-refractivity contribution in [2.75, 3.05) is 5.73 Å². The number of halogens is 1. The third kappa shape index (κ3) is 1.69. The first kappa shape index (κ1) is 11.0. The number of thiophene rings is 1. The van der Waals surface area contributed by atoms with Gasteiger partial charge in [0.1, 0.15) is 11.5 Å². The van der Waals surface area contributed by atoms with Crippen molar-refractivity contribution < 1.29 is 8.91 Å². The average molecular weight is 260 g/mol. The Morgan fingerprint density at radius 3 is 2.78 bits per heavy atom. The second-order valence-electron chi connectivity index (χ2n) is 3.76. The highest BCUT2D eigenvalue weighted by Gasteiger charge is 2.19. The predicted octanol–water partition coefficient (Wildman–Crippen LogP) is 3.79. The summed E-state index contributed by atoms with van der Waals surface area (Å²) in [5.41, 5.74) is 8.10. The molecule has 0 atom stereocenters. The van der Waals surface area contributed by atoms with Gasteiger partial charge in [-0.1, -0.05) is 23.4 Å². The van der Waals surface area contributed by atoms with Gasteiger partial charge in [0.05, 0.1) is 5.56 Å². The number of rotatable bonds is 2. The van der Waals surface area contributed by atoms with Crippen LogP contribution in [0.1, 0.15) is 0 Å². The molecule has 18 heavy (non-hydrogen) atoms. The topological polar surface area (TPSA) is 52.0 Å². The fourth-order valence-electron chi connectivity index (χ4n) is 1.82. The van der Waals surface area contributed by atoms with E-state index in [0.29, 0.717) is 16.8 Å². The quantitative estimate of drug-likeness (QED) is 0.762. The molecule has 3 nitrogen and oxygen atoms in total. The summed E-state index contributed by atoms with van der Waals surface area (Å²) in [6.45, 7) is 0. The van der Waals surface area contributed by atoms with Crippen molar-refractivity contribution in [1.82, 2.24) is 5.16 Å². The molecule has 0 saturated heterocycles. The van der Waals surface area contributed by atoms with Gasteiger partial charge in [-0.25, -0.2) is 4.39 Å². The Kier molecular flexibility index (Phi) is 2.60. The van der Waals surface area contributed by atoms with E-state index < -0.39 is 0 Å². The molecule has 0 bridgehead atoms. The highest BCUT2D eigenvalue weighted by molar-refractivity contribution is 7.08. The molecule has 0 amide bonds. The minimum atomic E-state index is -0.344. The Morgan fingerprint density at radius 1 is 1.22 bits per heavy atom. The molecule has 0 unspecified atom stereocenters. The molecule has 2 aromatic heterocycles. The average Bonchev–Trinajstić information content (AvgIpc) is 2.99. The van der Waals surface area contributed by atoms with Gasteiger partial charge in [0.15, 0.2) is 0 Å². The molecule has 0 aliphatic carbocycles. The molecular weight excluding hydrogens is 251 g/mol. The highest BCUT2D eigenvalue weighted by atomic mass is 32.1. The van der Waals surface area contributed by atoms with Crippen molar-refractivity contribution in [3.8, 4) is 22.4 Å². The monoisotopic (exact) mass is 260 g/mol. The third-order valence-electron chi connectivity index (χ3n) is 2.66. The van der Waals surface area contributed by atoms with Crippen LogP contribution in [0, 0.1) is 5.82 Å². The second-order valence-corrected chi connectivity index (χ2v) is 4.54. The lowest BCUT2D eigenvalue weighted by Crippen LogP contribution is -1.90. The first-order chi connectivity index (χ1) is 8.77. The van der Waals surface area contributed by atoms with E-state index in [-0.39, 0.29) is 11.7 Å². The number of nitrogens with two attached hydrogens (primary N) is 1. The van der Waals surface area contributed by atoms with E-state index in [2.05, 4.69) is 5.16 Å². The SMILES string of the molecule is Nc1onc(-c2ccsc2)c1-c1ccccc1F. The van der Waals surface area contributed by atoms with Gasteiger partial charge < -0.3 is 10.3 Å². The van der Waals surface area contributed by atoms with Crippen LogP contribution in [-0.2, 0) is 0 Å². The van der Waals surface area contributed by atoms with Crippen LogP contribution in [-0.4, -0.2) is 5.16 Å². The zero-order chi connectivity index (χ0) is 12.5. The molecule has 2 heterocycles. The molecule has 0 aliphatic rings. The van der Waals surface area contributed by atoms with Crippen LogP contribution in [0.5, 0.6) is 0 Å². The third-order valence-corrected chi connectivity index (χ3v) is 3.34. The molecule has 3 aromatic rings. The van der Waals surface area contributed by atoms with Crippen LogP contribution in [0.2, 0.25) is 0 Å². The Bertz CT molecular complexity index is 676. The maximum Gasteiger partial charge on any atom is 0.230 e. The summed E-state index contributed by atoms with van der Waals surface area (Å²) in [6.07, 6.45) is 0. The first-order valence-corrected chi connectivity index (χ1v) is 6.24. The maximum atomic E-state index is 13.8. The Hall–Kier alpha value is -2.14. The van der Waals surface area contributed by atoms with E-state index in [1.54, 1.807) is 18.2 Å². The summed E-state index contributed by atoms with van der Waals surface area (Å²) in [5.74, 6) is -0.217. The lowest BCUT2D eigenvalue weighted by atomic mass is 10.0. The van der Waals surface area contributed by atoms with Crippen LogP contribution >= 0.6 is 11.3 Å².